The molecule has 2 aromatic rings. The zero-order valence-corrected chi connectivity index (χ0v) is 26.1. The number of benzene rings is 2. The van der Waals surface area contributed by atoms with Gasteiger partial charge in [-0.2, -0.15) is 5.26 Å². The molecule has 0 radical (unpaired) electrons. The van der Waals surface area contributed by atoms with Gasteiger partial charge < -0.3 is 27.2 Å². The van der Waals surface area contributed by atoms with Crippen molar-refractivity contribution in [1.82, 2.24) is 5.32 Å². The van der Waals surface area contributed by atoms with Gasteiger partial charge in [0, 0.05) is 7.11 Å². The van der Waals surface area contributed by atoms with Crippen LogP contribution < -0.4 is 22.1 Å². The van der Waals surface area contributed by atoms with Crippen LogP contribution in [-0.4, -0.2) is 38.8 Å². The van der Waals surface area contributed by atoms with E-state index in [9.17, 15) is 14.4 Å². The van der Waals surface area contributed by atoms with Gasteiger partial charge in [-0.25, -0.2) is 4.39 Å². The lowest BCUT2D eigenvalue weighted by Gasteiger charge is -2.31. The highest BCUT2D eigenvalue weighted by Gasteiger charge is 2.33. The van der Waals surface area contributed by atoms with Gasteiger partial charge in [-0.3, -0.25) is 4.79 Å². The number of anilines is 1. The Labute approximate surface area is 248 Å². The van der Waals surface area contributed by atoms with Gasteiger partial charge in [0.05, 0.1) is 22.9 Å². The van der Waals surface area contributed by atoms with Crippen LogP contribution in [0, 0.1) is 23.1 Å². The summed E-state index contributed by atoms with van der Waals surface area (Å²) < 4.78 is 13.9. The fourth-order valence-electron chi connectivity index (χ4n) is 4.00. The quantitative estimate of drug-likeness (QED) is 0.189. The Kier molecular flexibility index (Phi) is 25.3. The molecule has 1 unspecified atom stereocenters. The number of carbonyl (C=O) groups is 1. The van der Waals surface area contributed by atoms with E-state index in [0.29, 0.717) is 29.9 Å². The second-order valence-corrected chi connectivity index (χ2v) is 9.04. The highest BCUT2D eigenvalue weighted by Crippen LogP contribution is 2.40. The van der Waals surface area contributed by atoms with Crippen LogP contribution in [-0.2, 0) is 10.3 Å². The number of nitrogens with two attached hydrogens (primary N) is 2. The van der Waals surface area contributed by atoms with Crippen molar-refractivity contribution in [3.05, 3.63) is 77.1 Å². The standard InChI is InChI=1S/C20H20FN3O.C5H10.C4H9N.C2H6.CH5N.CH4O/c21-18-7-6-17(11-19(18)24-13-25)20(23,9-8-14-4-5-14)16-3-1-2-15(10-16)12-22;1-3-5-4-2;1-2-4-5-3-1;3*1-2/h1-3,6-7,10-11,13-14H,4-5,8-9,23H2,(H,24,25);3,5H,4H2,1-2H3;5H,1-4H2;1-2H3;2H2,1H3;2H,1H3/b;5-3-;;;;. The minimum atomic E-state index is -0.845. The average Bonchev–Trinajstić information content (AvgIpc) is 3.67. The molecule has 2 aromatic carbocycles. The van der Waals surface area contributed by atoms with Crippen molar-refractivity contribution in [2.24, 2.45) is 17.4 Å². The summed E-state index contributed by atoms with van der Waals surface area (Å²) in [5.41, 5.74) is 12.6. The van der Waals surface area contributed by atoms with Gasteiger partial charge >= 0.3 is 0 Å². The van der Waals surface area contributed by atoms with Gasteiger partial charge in [-0.1, -0.05) is 64.0 Å². The molecule has 8 heteroatoms. The zero-order chi connectivity index (χ0) is 31.5. The summed E-state index contributed by atoms with van der Waals surface area (Å²) in [5.74, 6) is 0.182. The monoisotopic (exact) mass is 571 g/mol. The highest BCUT2D eigenvalue weighted by molar-refractivity contribution is 5.72. The fraction of sp³-hybridized carbons (Fsp3) is 0.515. The number of nitrogens with zero attached hydrogens (tertiary/aromatic N) is 1. The lowest BCUT2D eigenvalue weighted by Crippen LogP contribution is -2.38. The molecule has 7 N–H and O–H groups in total. The molecule has 1 aliphatic carbocycles. The Hall–Kier alpha value is -3.09. The predicted molar refractivity (Wildman–Crippen MR) is 171 cm³/mol. The molecule has 1 saturated heterocycles. The van der Waals surface area contributed by atoms with E-state index in [-0.39, 0.29) is 5.69 Å². The summed E-state index contributed by atoms with van der Waals surface area (Å²) in [6, 6.07) is 13.9. The van der Waals surface area contributed by atoms with E-state index in [4.69, 9.17) is 10.8 Å². The molecule has 1 atom stereocenters. The molecule has 0 bridgehead atoms. The maximum atomic E-state index is 13.9. The molecule has 41 heavy (non-hydrogen) atoms. The summed E-state index contributed by atoms with van der Waals surface area (Å²) in [4.78, 5) is 10.7. The molecule has 1 amide bonds. The van der Waals surface area contributed by atoms with Gasteiger partial charge in [-0.15, -0.1) is 0 Å². The van der Waals surface area contributed by atoms with Gasteiger partial charge in [0.1, 0.15) is 5.82 Å². The van der Waals surface area contributed by atoms with Crippen LogP contribution in [0.25, 0.3) is 0 Å². The minimum absolute atomic E-state index is 0.102. The summed E-state index contributed by atoms with van der Waals surface area (Å²) in [6.07, 6.45) is 12.7. The fourth-order valence-corrected chi connectivity index (χ4v) is 4.00. The van der Waals surface area contributed by atoms with E-state index in [2.05, 4.69) is 41.5 Å². The van der Waals surface area contributed by atoms with Gasteiger partial charge in [0.25, 0.3) is 0 Å². The van der Waals surface area contributed by atoms with E-state index in [1.165, 1.54) is 51.9 Å². The Morgan fingerprint density at radius 2 is 1.73 bits per heavy atom. The van der Waals surface area contributed by atoms with Gasteiger partial charge in [0.2, 0.25) is 6.41 Å². The lowest BCUT2D eigenvalue weighted by molar-refractivity contribution is -0.105. The number of hydrogen-bond acceptors (Lipinski definition) is 6. The van der Waals surface area contributed by atoms with Crippen molar-refractivity contribution in [1.29, 1.82) is 5.26 Å². The number of aliphatic hydroxyl groups excluding tert-OH is 1. The number of rotatable bonds is 8. The lowest BCUT2D eigenvalue weighted by atomic mass is 9.79. The molecule has 230 valence electrons. The van der Waals surface area contributed by atoms with Crippen LogP contribution in [0.5, 0.6) is 0 Å². The molecular formula is C33H54FN5O2. The molecule has 1 saturated carbocycles. The summed E-state index contributed by atoms with van der Waals surface area (Å²) >= 11 is 0. The Balaban J connectivity index is 0. The summed E-state index contributed by atoms with van der Waals surface area (Å²) in [6.45, 7) is 10.7. The Bertz CT molecular complexity index is 994. The molecular weight excluding hydrogens is 517 g/mol. The first kappa shape index (κ1) is 40.1. The third kappa shape index (κ3) is 16.1. The Morgan fingerprint density at radius 1 is 1.12 bits per heavy atom. The number of halogens is 1. The van der Waals surface area contributed by atoms with Crippen LogP contribution in [0.2, 0.25) is 0 Å². The first-order valence-corrected chi connectivity index (χ1v) is 14.6. The number of carbonyl (C=O) groups excluding carboxylic acids is 1. The summed E-state index contributed by atoms with van der Waals surface area (Å²) in [5, 5.41) is 21.8. The summed E-state index contributed by atoms with van der Waals surface area (Å²) in [7, 11) is 2.50. The van der Waals surface area contributed by atoms with Crippen LogP contribution in [0.1, 0.15) is 89.3 Å². The van der Waals surface area contributed by atoms with Gasteiger partial charge in [-0.05, 0) is 100 Å². The maximum absolute atomic E-state index is 13.9. The molecule has 4 rings (SSSR count). The number of allylic oxidation sites excluding steroid dienone is 2. The smallest absolute Gasteiger partial charge is 0.211 e. The molecule has 1 aliphatic heterocycles. The van der Waals surface area contributed by atoms with Crippen molar-refractivity contribution in [3.8, 4) is 6.07 Å². The highest BCUT2D eigenvalue weighted by atomic mass is 19.1. The van der Waals surface area contributed by atoms with Crippen LogP contribution in [0.3, 0.4) is 0 Å². The molecule has 1 heterocycles. The normalized spacial score (nSPS) is 14.3. The van der Waals surface area contributed by atoms with E-state index in [1.807, 2.05) is 26.8 Å². The SMILES string of the molecule is C/C=C\CC.C1CCNC1.CC.CN.CO.N#Cc1cccc(C(N)(CCC2CC2)c2ccc(F)c(NC=O)c2)c1. The van der Waals surface area contributed by atoms with Gasteiger partial charge in [0.15, 0.2) is 0 Å². The molecule has 0 aromatic heterocycles. The Morgan fingerprint density at radius 3 is 2.17 bits per heavy atom. The number of amides is 1. The predicted octanol–water partition coefficient (Wildman–Crippen LogP) is 6.21. The molecule has 2 fully saturated rings. The zero-order valence-electron chi connectivity index (χ0n) is 26.1. The average molecular weight is 572 g/mol. The molecule has 0 spiro atoms. The number of hydrogen-bond donors (Lipinski definition) is 5. The minimum Gasteiger partial charge on any atom is -0.400 e. The largest absolute Gasteiger partial charge is 0.400 e. The number of nitriles is 1. The molecule has 2 aliphatic rings. The van der Waals surface area contributed by atoms with E-state index in [0.717, 1.165) is 25.5 Å². The topological polar surface area (TPSA) is 137 Å². The van der Waals surface area contributed by atoms with Crippen molar-refractivity contribution in [2.75, 3.05) is 32.6 Å². The van der Waals surface area contributed by atoms with Crippen molar-refractivity contribution >= 4 is 12.1 Å². The second-order valence-electron chi connectivity index (χ2n) is 9.04. The van der Waals surface area contributed by atoms with Crippen molar-refractivity contribution in [2.45, 2.75) is 78.2 Å². The first-order valence-electron chi connectivity index (χ1n) is 14.6. The number of nitrogens with one attached hydrogen (secondary N) is 2. The van der Waals surface area contributed by atoms with Crippen molar-refractivity contribution < 1.29 is 14.3 Å². The molecule has 7 nitrogen and oxygen atoms in total. The van der Waals surface area contributed by atoms with Crippen LogP contribution >= 0.6 is 0 Å². The van der Waals surface area contributed by atoms with E-state index < -0.39 is 11.4 Å². The second kappa shape index (κ2) is 25.8. The van der Waals surface area contributed by atoms with E-state index >= 15 is 0 Å². The third-order valence-corrected chi connectivity index (χ3v) is 6.28. The van der Waals surface area contributed by atoms with E-state index in [1.54, 1.807) is 30.3 Å². The van der Waals surface area contributed by atoms with Crippen LogP contribution in [0.15, 0.2) is 54.6 Å². The maximum Gasteiger partial charge on any atom is 0.211 e. The van der Waals surface area contributed by atoms with Crippen LogP contribution in [0.4, 0.5) is 10.1 Å². The first-order chi connectivity index (χ1) is 20.0. The van der Waals surface area contributed by atoms with Crippen molar-refractivity contribution in [3.63, 3.8) is 0 Å². The number of aliphatic hydroxyl groups is 1. The third-order valence-electron chi connectivity index (χ3n) is 6.28.